The number of anilines is 1. The van der Waals surface area contributed by atoms with Crippen molar-refractivity contribution in [2.24, 2.45) is 0 Å². The molecule has 178 valence electrons. The zero-order valence-electron chi connectivity index (χ0n) is 19.2. The minimum absolute atomic E-state index is 0.264. The van der Waals surface area contributed by atoms with E-state index in [4.69, 9.17) is 0 Å². The summed E-state index contributed by atoms with van der Waals surface area (Å²) in [5.74, 6) is -0.545. The Morgan fingerprint density at radius 2 is 2.00 bits per heavy atom. The number of aromatic nitrogens is 4. The molecule has 0 aliphatic heterocycles. The number of nitrogens with one attached hydrogen (secondary N) is 2. The van der Waals surface area contributed by atoms with Crippen molar-refractivity contribution in [2.45, 2.75) is 26.8 Å². The van der Waals surface area contributed by atoms with Gasteiger partial charge >= 0.3 is 0 Å². The molecule has 0 atom stereocenters. The molecule has 0 saturated carbocycles. The molecular formula is C25H23FN6O2S. The van der Waals surface area contributed by atoms with E-state index in [1.54, 1.807) is 41.7 Å². The summed E-state index contributed by atoms with van der Waals surface area (Å²) in [5, 5.41) is 7.65. The second-order valence-corrected chi connectivity index (χ2v) is 8.94. The van der Waals surface area contributed by atoms with Gasteiger partial charge in [0.15, 0.2) is 4.96 Å². The van der Waals surface area contributed by atoms with Crippen molar-refractivity contribution in [3.8, 4) is 11.4 Å². The number of thiazole rings is 1. The Labute approximate surface area is 204 Å². The largest absolute Gasteiger partial charge is 0.352 e. The van der Waals surface area contributed by atoms with Crippen LogP contribution in [0.25, 0.3) is 27.4 Å². The van der Waals surface area contributed by atoms with Crippen LogP contribution in [0.3, 0.4) is 0 Å². The molecule has 5 rings (SSSR count). The molecule has 8 nitrogen and oxygen atoms in total. The molecule has 2 aromatic carbocycles. The van der Waals surface area contributed by atoms with Crippen molar-refractivity contribution in [1.82, 2.24) is 24.3 Å². The van der Waals surface area contributed by atoms with Crippen LogP contribution < -0.4 is 10.6 Å². The Morgan fingerprint density at radius 3 is 2.74 bits per heavy atom. The number of fused-ring (bicyclic) bond motifs is 2. The van der Waals surface area contributed by atoms with Gasteiger partial charge in [-0.3, -0.25) is 14.0 Å². The minimum atomic E-state index is -0.398. The van der Waals surface area contributed by atoms with Gasteiger partial charge in [0, 0.05) is 49.9 Å². The van der Waals surface area contributed by atoms with E-state index in [2.05, 4.69) is 20.6 Å². The number of carbonyl (C=O) groups is 2. The molecule has 2 amide bonds. The Morgan fingerprint density at radius 1 is 1.17 bits per heavy atom. The van der Waals surface area contributed by atoms with E-state index in [1.165, 1.54) is 13.0 Å². The summed E-state index contributed by atoms with van der Waals surface area (Å²) in [6.07, 6.45) is 4.46. The summed E-state index contributed by atoms with van der Waals surface area (Å²) >= 11 is 1.55. The van der Waals surface area contributed by atoms with E-state index in [1.807, 2.05) is 33.7 Å². The molecule has 2 N–H and O–H groups in total. The van der Waals surface area contributed by atoms with Gasteiger partial charge in [0.25, 0.3) is 5.91 Å². The average molecular weight is 491 g/mol. The predicted molar refractivity (Wildman–Crippen MR) is 134 cm³/mol. The van der Waals surface area contributed by atoms with Gasteiger partial charge in [0.1, 0.15) is 11.6 Å². The molecule has 0 spiro atoms. The summed E-state index contributed by atoms with van der Waals surface area (Å²) in [6, 6.07) is 9.73. The van der Waals surface area contributed by atoms with Crippen LogP contribution in [0, 0.1) is 5.82 Å². The standard InChI is InChI=1S/C25H23FN6O2S/c1-3-32-22-19(24(34)27-9-8-16-14-31-10-11-35-25(31)29-16)12-17(28-15(2)33)13-21(22)30-23(32)18-6-4-5-7-20(18)26/h4-7,10-14H,3,8-9H2,1-2H3,(H,27,34)(H,28,33). The third kappa shape index (κ3) is 4.40. The zero-order valence-corrected chi connectivity index (χ0v) is 20.0. The maximum atomic E-state index is 14.6. The first-order valence-corrected chi connectivity index (χ1v) is 12.1. The van der Waals surface area contributed by atoms with E-state index >= 15 is 0 Å². The molecule has 0 unspecified atom stereocenters. The van der Waals surface area contributed by atoms with Crippen LogP contribution in [0.15, 0.2) is 54.2 Å². The summed E-state index contributed by atoms with van der Waals surface area (Å²) in [5.41, 5.74) is 3.11. The highest BCUT2D eigenvalue weighted by Gasteiger charge is 2.21. The SMILES string of the molecule is CCn1c(-c2ccccc2F)nc2cc(NC(C)=O)cc(C(=O)NCCc3cn4ccsc4n3)c21. The van der Waals surface area contributed by atoms with Crippen molar-refractivity contribution in [3.05, 3.63) is 71.2 Å². The van der Waals surface area contributed by atoms with Crippen LogP contribution in [0.2, 0.25) is 0 Å². The van der Waals surface area contributed by atoms with Crippen molar-refractivity contribution < 1.29 is 14.0 Å². The molecule has 3 aromatic heterocycles. The van der Waals surface area contributed by atoms with Crippen LogP contribution in [-0.4, -0.2) is 37.3 Å². The van der Waals surface area contributed by atoms with Gasteiger partial charge in [0.05, 0.1) is 27.9 Å². The molecule has 0 radical (unpaired) electrons. The normalized spacial score (nSPS) is 11.3. The number of amides is 2. The van der Waals surface area contributed by atoms with Crippen LogP contribution >= 0.6 is 11.3 Å². The van der Waals surface area contributed by atoms with Crippen LogP contribution in [0.5, 0.6) is 0 Å². The van der Waals surface area contributed by atoms with E-state index in [0.29, 0.717) is 53.2 Å². The maximum absolute atomic E-state index is 14.6. The number of hydrogen-bond acceptors (Lipinski definition) is 5. The van der Waals surface area contributed by atoms with Crippen LogP contribution in [-0.2, 0) is 17.8 Å². The average Bonchev–Trinajstić information content (AvgIpc) is 3.51. The first-order valence-electron chi connectivity index (χ1n) is 11.2. The molecule has 35 heavy (non-hydrogen) atoms. The van der Waals surface area contributed by atoms with E-state index in [0.717, 1.165) is 10.7 Å². The lowest BCUT2D eigenvalue weighted by molar-refractivity contribution is -0.114. The van der Waals surface area contributed by atoms with E-state index < -0.39 is 5.82 Å². The highest BCUT2D eigenvalue weighted by molar-refractivity contribution is 7.15. The molecule has 0 aliphatic carbocycles. The molecule has 10 heteroatoms. The fourth-order valence-electron chi connectivity index (χ4n) is 4.17. The van der Waals surface area contributed by atoms with Crippen LogP contribution in [0.1, 0.15) is 29.9 Å². The number of carbonyl (C=O) groups excluding carboxylic acids is 2. The van der Waals surface area contributed by atoms with Gasteiger partial charge < -0.3 is 15.2 Å². The van der Waals surface area contributed by atoms with Crippen LogP contribution in [0.4, 0.5) is 10.1 Å². The van der Waals surface area contributed by atoms with E-state index in [-0.39, 0.29) is 11.8 Å². The number of rotatable bonds is 7. The number of benzene rings is 2. The minimum Gasteiger partial charge on any atom is -0.352 e. The molecule has 0 aliphatic rings. The summed E-state index contributed by atoms with van der Waals surface area (Å²) in [6.45, 7) is 4.18. The molecular weight excluding hydrogens is 467 g/mol. The van der Waals surface area contributed by atoms with Crippen molar-refractivity contribution >= 4 is 44.8 Å². The number of aryl methyl sites for hydroxylation is 1. The molecule has 3 heterocycles. The Hall–Kier alpha value is -4.05. The summed E-state index contributed by atoms with van der Waals surface area (Å²) in [4.78, 5) is 35.1. The zero-order chi connectivity index (χ0) is 24.5. The summed E-state index contributed by atoms with van der Waals surface area (Å²) < 4.78 is 18.4. The second kappa shape index (κ2) is 9.30. The van der Waals surface area contributed by atoms with Gasteiger partial charge in [-0.05, 0) is 31.2 Å². The quantitative estimate of drug-likeness (QED) is 0.351. The third-order valence-corrected chi connectivity index (χ3v) is 6.42. The smallest absolute Gasteiger partial charge is 0.253 e. The molecule has 0 bridgehead atoms. The fourth-order valence-corrected chi connectivity index (χ4v) is 4.89. The van der Waals surface area contributed by atoms with Gasteiger partial charge in [-0.25, -0.2) is 14.4 Å². The third-order valence-electron chi connectivity index (χ3n) is 5.65. The lowest BCUT2D eigenvalue weighted by Gasteiger charge is -2.12. The van der Waals surface area contributed by atoms with Gasteiger partial charge in [0.2, 0.25) is 5.91 Å². The maximum Gasteiger partial charge on any atom is 0.253 e. The van der Waals surface area contributed by atoms with Crippen molar-refractivity contribution in [3.63, 3.8) is 0 Å². The highest BCUT2D eigenvalue weighted by Crippen LogP contribution is 2.31. The Kier molecular flexibility index (Phi) is 6.04. The number of nitrogens with zero attached hydrogens (tertiary/aromatic N) is 4. The number of hydrogen-bond donors (Lipinski definition) is 2. The first kappa shape index (κ1) is 22.7. The van der Waals surface area contributed by atoms with Crippen molar-refractivity contribution in [2.75, 3.05) is 11.9 Å². The van der Waals surface area contributed by atoms with Gasteiger partial charge in [-0.1, -0.05) is 12.1 Å². The Bertz CT molecular complexity index is 1540. The number of imidazole rings is 2. The monoisotopic (exact) mass is 490 g/mol. The second-order valence-electron chi connectivity index (χ2n) is 8.06. The molecule has 0 saturated heterocycles. The van der Waals surface area contributed by atoms with Crippen molar-refractivity contribution in [1.29, 1.82) is 0 Å². The number of halogens is 1. The predicted octanol–water partition coefficient (Wildman–Crippen LogP) is 4.50. The molecule has 0 fully saturated rings. The summed E-state index contributed by atoms with van der Waals surface area (Å²) in [7, 11) is 0. The molecule has 5 aromatic rings. The lowest BCUT2D eigenvalue weighted by Crippen LogP contribution is -2.26. The fraction of sp³-hybridized carbons (Fsp3) is 0.200. The van der Waals surface area contributed by atoms with Gasteiger partial charge in [-0.15, -0.1) is 11.3 Å². The Balaban J connectivity index is 1.51. The topological polar surface area (TPSA) is 93.3 Å². The van der Waals surface area contributed by atoms with Gasteiger partial charge in [-0.2, -0.15) is 0 Å². The highest BCUT2D eigenvalue weighted by atomic mass is 32.1. The lowest BCUT2D eigenvalue weighted by atomic mass is 10.1. The van der Waals surface area contributed by atoms with E-state index in [9.17, 15) is 14.0 Å². The first-order chi connectivity index (χ1) is 16.9.